The molecule has 2 N–H and O–H groups in total. The summed E-state index contributed by atoms with van der Waals surface area (Å²) in [5.74, 6) is 0.760. The topological polar surface area (TPSA) is 86.4 Å². The van der Waals surface area contributed by atoms with Crippen molar-refractivity contribution in [1.29, 1.82) is 0 Å². The first-order valence-corrected chi connectivity index (χ1v) is 10.5. The molecule has 4 heterocycles. The van der Waals surface area contributed by atoms with E-state index >= 15 is 0 Å². The fourth-order valence-electron chi connectivity index (χ4n) is 4.05. The molecule has 0 bridgehead atoms. The number of carbonyl (C=O) groups excluding carboxylic acids is 1. The molecule has 8 nitrogen and oxygen atoms in total. The van der Waals surface area contributed by atoms with Crippen LogP contribution in [0.15, 0.2) is 36.5 Å². The predicted molar refractivity (Wildman–Crippen MR) is 114 cm³/mol. The van der Waals surface area contributed by atoms with Gasteiger partial charge in [-0.15, -0.1) is 0 Å². The monoisotopic (exact) mass is 406 g/mol. The highest BCUT2D eigenvalue weighted by atomic mass is 16.5. The number of hydrogen-bond donors (Lipinski definition) is 2. The number of ether oxygens (including phenoxy) is 1. The maximum atomic E-state index is 13.0. The molecule has 0 atom stereocenters. The molecule has 0 unspecified atom stereocenters. The fraction of sp³-hybridized carbons (Fsp3) is 0.409. The molecule has 2 aromatic heterocycles. The van der Waals surface area contributed by atoms with E-state index in [-0.39, 0.29) is 5.91 Å². The van der Waals surface area contributed by atoms with Gasteiger partial charge in [0, 0.05) is 57.6 Å². The Morgan fingerprint density at radius 2 is 1.80 bits per heavy atom. The molecule has 0 aliphatic carbocycles. The van der Waals surface area contributed by atoms with Gasteiger partial charge in [-0.3, -0.25) is 9.69 Å². The van der Waals surface area contributed by atoms with Crippen molar-refractivity contribution in [2.45, 2.75) is 6.54 Å². The second-order valence-corrected chi connectivity index (χ2v) is 7.77. The minimum absolute atomic E-state index is 0.0277. The SMILES string of the molecule is O=C(c1ccnc2nc(-c3ccc(CN4CCOCC4)cc3)[nH]c12)N1CCNCC1. The van der Waals surface area contributed by atoms with E-state index in [1.165, 1.54) is 5.56 Å². The van der Waals surface area contributed by atoms with Crippen molar-refractivity contribution in [1.82, 2.24) is 30.1 Å². The Morgan fingerprint density at radius 3 is 2.57 bits per heavy atom. The van der Waals surface area contributed by atoms with Gasteiger partial charge in [0.25, 0.3) is 5.91 Å². The first-order chi connectivity index (χ1) is 14.8. The molecular formula is C22H26N6O2. The lowest BCUT2D eigenvalue weighted by Gasteiger charge is -2.27. The van der Waals surface area contributed by atoms with Crippen LogP contribution in [0.3, 0.4) is 0 Å². The quantitative estimate of drug-likeness (QED) is 0.683. The summed E-state index contributed by atoms with van der Waals surface area (Å²) in [6, 6.07) is 10.2. The van der Waals surface area contributed by atoms with Gasteiger partial charge < -0.3 is 19.9 Å². The molecule has 5 rings (SSSR count). The maximum Gasteiger partial charge on any atom is 0.256 e. The molecule has 30 heavy (non-hydrogen) atoms. The summed E-state index contributed by atoms with van der Waals surface area (Å²) < 4.78 is 5.42. The summed E-state index contributed by atoms with van der Waals surface area (Å²) in [7, 11) is 0. The van der Waals surface area contributed by atoms with Crippen LogP contribution in [0.2, 0.25) is 0 Å². The zero-order valence-electron chi connectivity index (χ0n) is 16.9. The van der Waals surface area contributed by atoms with Gasteiger partial charge in [0.05, 0.1) is 24.3 Å². The number of H-pyrrole nitrogens is 1. The fourth-order valence-corrected chi connectivity index (χ4v) is 4.05. The van der Waals surface area contributed by atoms with Crippen LogP contribution in [0.25, 0.3) is 22.6 Å². The molecule has 2 saturated heterocycles. The van der Waals surface area contributed by atoms with Crippen molar-refractivity contribution in [3.63, 3.8) is 0 Å². The molecule has 2 fully saturated rings. The molecule has 0 radical (unpaired) electrons. The summed E-state index contributed by atoms with van der Waals surface area (Å²) >= 11 is 0. The number of amides is 1. The van der Waals surface area contributed by atoms with E-state index < -0.39 is 0 Å². The molecule has 8 heteroatoms. The summed E-state index contributed by atoms with van der Waals surface area (Å²) in [5, 5.41) is 3.28. The van der Waals surface area contributed by atoms with Crippen LogP contribution in [-0.4, -0.2) is 83.1 Å². The third-order valence-electron chi connectivity index (χ3n) is 5.76. The minimum Gasteiger partial charge on any atom is -0.379 e. The molecule has 1 amide bonds. The summed E-state index contributed by atoms with van der Waals surface area (Å²) in [5.41, 5.74) is 4.16. The van der Waals surface area contributed by atoms with E-state index in [2.05, 4.69) is 49.4 Å². The molecule has 2 aliphatic rings. The number of imidazole rings is 1. The Kier molecular flexibility index (Phi) is 5.44. The minimum atomic E-state index is 0.0277. The van der Waals surface area contributed by atoms with E-state index in [1.807, 2.05) is 4.90 Å². The number of benzene rings is 1. The van der Waals surface area contributed by atoms with Gasteiger partial charge in [-0.25, -0.2) is 9.97 Å². The average Bonchev–Trinajstić information content (AvgIpc) is 3.25. The van der Waals surface area contributed by atoms with Crippen molar-refractivity contribution in [2.24, 2.45) is 0 Å². The van der Waals surface area contributed by atoms with Gasteiger partial charge in [0.2, 0.25) is 0 Å². The highest BCUT2D eigenvalue weighted by Crippen LogP contribution is 2.23. The predicted octanol–water partition coefficient (Wildman–Crippen LogP) is 1.50. The standard InChI is InChI=1S/C22H26N6O2/c29-22(28-9-7-23-8-10-28)18-5-6-24-21-19(18)25-20(26-21)17-3-1-16(2-4-17)15-27-11-13-30-14-12-27/h1-6,23H,7-15H2,(H,24,25,26). The van der Waals surface area contributed by atoms with E-state index in [0.29, 0.717) is 29.8 Å². The van der Waals surface area contributed by atoms with Gasteiger partial charge >= 0.3 is 0 Å². The lowest BCUT2D eigenvalue weighted by Crippen LogP contribution is -2.46. The van der Waals surface area contributed by atoms with Crippen LogP contribution >= 0.6 is 0 Å². The molecular weight excluding hydrogens is 380 g/mol. The van der Waals surface area contributed by atoms with Crippen LogP contribution in [0.1, 0.15) is 15.9 Å². The average molecular weight is 406 g/mol. The van der Waals surface area contributed by atoms with E-state index in [9.17, 15) is 4.79 Å². The zero-order chi connectivity index (χ0) is 20.3. The second-order valence-electron chi connectivity index (χ2n) is 7.77. The summed E-state index contributed by atoms with van der Waals surface area (Å²) in [4.78, 5) is 29.6. The first kappa shape index (κ1) is 19.2. The Balaban J connectivity index is 1.37. The van der Waals surface area contributed by atoms with Crippen LogP contribution < -0.4 is 5.32 Å². The Bertz CT molecular complexity index is 1020. The number of morpholine rings is 1. The number of piperazine rings is 1. The smallest absolute Gasteiger partial charge is 0.256 e. The van der Waals surface area contributed by atoms with Crippen molar-refractivity contribution in [2.75, 3.05) is 52.5 Å². The van der Waals surface area contributed by atoms with Crippen LogP contribution in [-0.2, 0) is 11.3 Å². The van der Waals surface area contributed by atoms with Gasteiger partial charge in [-0.2, -0.15) is 0 Å². The number of carbonyl (C=O) groups is 1. The van der Waals surface area contributed by atoms with Crippen molar-refractivity contribution >= 4 is 17.1 Å². The molecule has 1 aromatic carbocycles. The van der Waals surface area contributed by atoms with Gasteiger partial charge in [0.15, 0.2) is 5.65 Å². The Labute approximate surface area is 175 Å². The Morgan fingerprint density at radius 1 is 1.03 bits per heavy atom. The van der Waals surface area contributed by atoms with Crippen molar-refractivity contribution in [3.05, 3.63) is 47.7 Å². The number of aromatic nitrogens is 3. The Hall–Kier alpha value is -2.81. The third-order valence-corrected chi connectivity index (χ3v) is 5.76. The summed E-state index contributed by atoms with van der Waals surface area (Å²) in [6.07, 6.45) is 1.66. The van der Waals surface area contributed by atoms with Crippen LogP contribution in [0.4, 0.5) is 0 Å². The molecule has 156 valence electrons. The number of hydrogen-bond acceptors (Lipinski definition) is 6. The number of rotatable bonds is 4. The van der Waals surface area contributed by atoms with Crippen molar-refractivity contribution in [3.8, 4) is 11.4 Å². The van der Waals surface area contributed by atoms with E-state index in [1.54, 1.807) is 12.3 Å². The van der Waals surface area contributed by atoms with Gasteiger partial charge in [-0.05, 0) is 11.6 Å². The lowest BCUT2D eigenvalue weighted by atomic mass is 10.1. The van der Waals surface area contributed by atoms with Crippen LogP contribution in [0.5, 0.6) is 0 Å². The lowest BCUT2D eigenvalue weighted by molar-refractivity contribution is 0.0342. The first-order valence-electron chi connectivity index (χ1n) is 10.5. The molecule has 0 saturated carbocycles. The normalized spacial score (nSPS) is 18.1. The van der Waals surface area contributed by atoms with Gasteiger partial charge in [0.1, 0.15) is 5.82 Å². The maximum absolute atomic E-state index is 13.0. The molecule has 2 aliphatic heterocycles. The molecule has 0 spiro atoms. The number of aromatic amines is 1. The highest BCUT2D eigenvalue weighted by Gasteiger charge is 2.22. The van der Waals surface area contributed by atoms with E-state index in [4.69, 9.17) is 4.74 Å². The number of nitrogens with zero attached hydrogens (tertiary/aromatic N) is 4. The van der Waals surface area contributed by atoms with Gasteiger partial charge in [-0.1, -0.05) is 24.3 Å². The largest absolute Gasteiger partial charge is 0.379 e. The highest BCUT2D eigenvalue weighted by molar-refractivity contribution is 6.04. The summed E-state index contributed by atoms with van der Waals surface area (Å²) in [6.45, 7) is 7.56. The van der Waals surface area contributed by atoms with Crippen LogP contribution in [0, 0.1) is 0 Å². The number of pyridine rings is 1. The molecule has 3 aromatic rings. The number of nitrogens with one attached hydrogen (secondary N) is 2. The van der Waals surface area contributed by atoms with E-state index in [0.717, 1.165) is 57.3 Å². The number of fused-ring (bicyclic) bond motifs is 1. The third kappa shape index (κ3) is 3.94. The zero-order valence-corrected chi connectivity index (χ0v) is 16.9. The second kappa shape index (κ2) is 8.51. The van der Waals surface area contributed by atoms with Crippen molar-refractivity contribution < 1.29 is 9.53 Å².